The van der Waals surface area contributed by atoms with E-state index in [1.807, 2.05) is 0 Å². The van der Waals surface area contributed by atoms with E-state index in [2.05, 4.69) is 10.6 Å². The minimum atomic E-state index is -4.91. The van der Waals surface area contributed by atoms with Gasteiger partial charge >= 0.3 is 29.6 Å². The Kier molecular flexibility index (Phi) is 8.35. The van der Waals surface area contributed by atoms with Crippen LogP contribution in [0.25, 0.3) is 0 Å². The van der Waals surface area contributed by atoms with E-state index >= 15 is 0 Å². The Hall–Kier alpha value is -1.54. The first-order valence-corrected chi connectivity index (χ1v) is 8.90. The van der Waals surface area contributed by atoms with Gasteiger partial charge in [0.1, 0.15) is 12.1 Å². The molecule has 0 saturated carbocycles. The molecule has 1 aromatic carbocycles. The van der Waals surface area contributed by atoms with Crippen LogP contribution in [0, 0.1) is 0 Å². The smallest absolute Gasteiger partial charge is 0.731 e. The van der Waals surface area contributed by atoms with E-state index < -0.39 is 52.7 Å². The molecule has 1 aromatic rings. The molecule has 1 aliphatic rings. The molecule has 0 bridgehead atoms. The SMILES string of the molecule is NCC(N)C(=O)N[C@@H](C(=O)NC1CN(S(=O)(=O)[O-])C1=O)c1ccccc1.[Na+]. The maximum absolute atomic E-state index is 12.5. The van der Waals surface area contributed by atoms with Crippen molar-refractivity contribution in [1.82, 2.24) is 14.9 Å². The van der Waals surface area contributed by atoms with Crippen LogP contribution in [0.5, 0.6) is 0 Å². The van der Waals surface area contributed by atoms with Crippen LogP contribution < -0.4 is 51.7 Å². The van der Waals surface area contributed by atoms with Gasteiger partial charge in [0.25, 0.3) is 5.91 Å². The van der Waals surface area contributed by atoms with Crippen LogP contribution in [0.4, 0.5) is 0 Å². The summed E-state index contributed by atoms with van der Waals surface area (Å²) in [6.45, 7) is -0.597. The van der Waals surface area contributed by atoms with Crippen LogP contribution in [0.1, 0.15) is 11.6 Å². The number of β-lactam (4-membered cyclic amide) rings is 1. The molecular weight excluding hydrogens is 389 g/mol. The number of hydrogen-bond acceptors (Lipinski definition) is 8. The molecule has 142 valence electrons. The molecule has 1 heterocycles. The maximum atomic E-state index is 12.5. The van der Waals surface area contributed by atoms with Gasteiger partial charge in [0.2, 0.25) is 11.8 Å². The second-order valence-electron chi connectivity index (χ2n) is 5.58. The third-order valence-corrected chi connectivity index (χ3v) is 4.62. The molecule has 0 radical (unpaired) electrons. The van der Waals surface area contributed by atoms with Crippen LogP contribution in [-0.2, 0) is 24.7 Å². The van der Waals surface area contributed by atoms with Gasteiger partial charge in [-0.15, -0.1) is 0 Å². The summed E-state index contributed by atoms with van der Waals surface area (Å²) in [6, 6.07) is 4.78. The molecule has 0 aromatic heterocycles. The molecule has 1 fully saturated rings. The number of nitrogens with zero attached hydrogens (tertiary/aromatic N) is 1. The Morgan fingerprint density at radius 3 is 2.33 bits per heavy atom. The minimum Gasteiger partial charge on any atom is -0.731 e. The summed E-state index contributed by atoms with van der Waals surface area (Å²) in [7, 11) is -4.91. The zero-order valence-corrected chi connectivity index (χ0v) is 17.3. The van der Waals surface area contributed by atoms with Gasteiger partial charge in [0, 0.05) is 6.54 Å². The Bertz CT molecular complexity index is 805. The molecular formula is C14H18N5NaO6S. The van der Waals surface area contributed by atoms with Crippen LogP contribution >= 0.6 is 0 Å². The fourth-order valence-corrected chi connectivity index (χ4v) is 2.94. The van der Waals surface area contributed by atoms with Gasteiger partial charge in [-0.25, -0.2) is 12.7 Å². The van der Waals surface area contributed by atoms with E-state index in [1.54, 1.807) is 30.3 Å². The van der Waals surface area contributed by atoms with Crippen molar-refractivity contribution >= 4 is 28.0 Å². The van der Waals surface area contributed by atoms with Gasteiger partial charge in [-0.3, -0.25) is 14.4 Å². The molecule has 0 spiro atoms. The van der Waals surface area contributed by atoms with Crippen molar-refractivity contribution in [3.05, 3.63) is 35.9 Å². The Morgan fingerprint density at radius 2 is 1.85 bits per heavy atom. The molecule has 1 saturated heterocycles. The second-order valence-corrected chi connectivity index (χ2v) is 6.88. The summed E-state index contributed by atoms with van der Waals surface area (Å²) in [5, 5.41) is 4.74. The number of benzene rings is 1. The summed E-state index contributed by atoms with van der Waals surface area (Å²) >= 11 is 0. The minimum absolute atomic E-state index is 0. The Balaban J connectivity index is 0.00000364. The molecule has 11 nitrogen and oxygen atoms in total. The van der Waals surface area contributed by atoms with Crippen molar-refractivity contribution in [2.75, 3.05) is 13.1 Å². The predicted molar refractivity (Wildman–Crippen MR) is 87.7 cm³/mol. The van der Waals surface area contributed by atoms with E-state index in [4.69, 9.17) is 11.5 Å². The Morgan fingerprint density at radius 1 is 1.26 bits per heavy atom. The number of nitrogens with two attached hydrogens (primary N) is 2. The number of carbonyl (C=O) groups is 3. The Labute approximate surface area is 178 Å². The summed E-state index contributed by atoms with van der Waals surface area (Å²) in [6.07, 6.45) is 0. The van der Waals surface area contributed by atoms with E-state index in [0.717, 1.165) is 0 Å². The van der Waals surface area contributed by atoms with E-state index in [0.29, 0.717) is 5.56 Å². The average Bonchev–Trinajstić information content (AvgIpc) is 2.60. The topological polar surface area (TPSA) is 188 Å². The molecule has 27 heavy (non-hydrogen) atoms. The van der Waals surface area contributed by atoms with Crippen LogP contribution in [0.15, 0.2) is 30.3 Å². The summed E-state index contributed by atoms with van der Waals surface area (Å²) in [4.78, 5) is 36.2. The molecule has 2 unspecified atom stereocenters. The van der Waals surface area contributed by atoms with Crippen LogP contribution in [-0.4, -0.2) is 60.2 Å². The van der Waals surface area contributed by atoms with E-state index in [-0.39, 0.29) is 40.4 Å². The standard InChI is InChI=1S/C14H19N5O6S.Na/c15-6-9(16)12(20)18-11(8-4-2-1-3-5-8)13(21)17-10-7-19(14(10)22)26(23,24)25;/h1-5,9-11H,6-7,15-16H2,(H,17,21)(H,18,20)(H,23,24,25);/q;+1/p-1/t9?,10?,11-;/m1./s1. The predicted octanol–water partition coefficient (Wildman–Crippen LogP) is -6.08. The van der Waals surface area contributed by atoms with Crippen molar-refractivity contribution in [2.24, 2.45) is 11.5 Å². The van der Waals surface area contributed by atoms with Gasteiger partial charge in [0.15, 0.2) is 10.3 Å². The van der Waals surface area contributed by atoms with Gasteiger partial charge in [-0.2, -0.15) is 0 Å². The second kappa shape index (κ2) is 9.59. The zero-order valence-electron chi connectivity index (χ0n) is 14.5. The number of rotatable bonds is 7. The first kappa shape index (κ1) is 23.5. The van der Waals surface area contributed by atoms with Crippen molar-refractivity contribution < 1.29 is 56.9 Å². The van der Waals surface area contributed by atoms with Crippen molar-refractivity contribution in [1.29, 1.82) is 0 Å². The average molecular weight is 407 g/mol. The summed E-state index contributed by atoms with van der Waals surface area (Å²) in [5.74, 6) is -2.46. The van der Waals surface area contributed by atoms with Gasteiger partial charge < -0.3 is 26.7 Å². The summed E-state index contributed by atoms with van der Waals surface area (Å²) in [5.41, 5.74) is 11.3. The fourth-order valence-electron chi connectivity index (χ4n) is 2.26. The van der Waals surface area contributed by atoms with E-state index in [1.165, 1.54) is 0 Å². The third-order valence-electron chi connectivity index (χ3n) is 3.75. The third kappa shape index (κ3) is 5.72. The molecule has 3 atom stereocenters. The number of amides is 3. The molecule has 3 amide bonds. The first-order valence-electron chi connectivity index (χ1n) is 7.54. The fraction of sp³-hybridized carbons (Fsp3) is 0.357. The van der Waals surface area contributed by atoms with Gasteiger partial charge in [-0.1, -0.05) is 30.3 Å². The molecule has 0 aliphatic carbocycles. The van der Waals surface area contributed by atoms with Crippen LogP contribution in [0.2, 0.25) is 0 Å². The van der Waals surface area contributed by atoms with E-state index in [9.17, 15) is 27.4 Å². The normalized spacial score (nSPS) is 18.6. The molecule has 13 heteroatoms. The monoisotopic (exact) mass is 407 g/mol. The maximum Gasteiger partial charge on any atom is 1.00 e. The number of nitrogens with one attached hydrogen (secondary N) is 2. The van der Waals surface area contributed by atoms with Gasteiger partial charge in [0.05, 0.1) is 12.6 Å². The van der Waals surface area contributed by atoms with Crippen LogP contribution in [0.3, 0.4) is 0 Å². The zero-order chi connectivity index (χ0) is 19.5. The largest absolute Gasteiger partial charge is 1.00 e. The van der Waals surface area contributed by atoms with Crippen molar-refractivity contribution in [3.8, 4) is 0 Å². The number of hydrogen-bond donors (Lipinski definition) is 4. The first-order chi connectivity index (χ1) is 12.1. The quantitative estimate of drug-likeness (QED) is 0.195. The van der Waals surface area contributed by atoms with Crippen molar-refractivity contribution in [2.45, 2.75) is 18.1 Å². The van der Waals surface area contributed by atoms with Gasteiger partial charge in [-0.05, 0) is 5.56 Å². The summed E-state index contributed by atoms with van der Waals surface area (Å²) < 4.78 is 32.6. The van der Waals surface area contributed by atoms with Crippen molar-refractivity contribution in [3.63, 3.8) is 0 Å². The number of carbonyl (C=O) groups excluding carboxylic acids is 3. The molecule has 6 N–H and O–H groups in total. The molecule has 2 rings (SSSR count). The molecule has 1 aliphatic heterocycles.